The number of hydrogen-bond acceptors (Lipinski definition) is 2. The molecule has 0 unspecified atom stereocenters. The maximum absolute atomic E-state index is 10.7. The predicted molar refractivity (Wildman–Crippen MR) is 99.1 cm³/mol. The van der Waals surface area contributed by atoms with Crippen molar-refractivity contribution in [3.8, 4) is 5.75 Å². The number of aromatic hydroxyl groups is 1. The van der Waals surface area contributed by atoms with E-state index in [1.54, 1.807) is 0 Å². The third-order valence-corrected chi connectivity index (χ3v) is 3.74. The number of rotatable bonds is 3. The minimum atomic E-state index is -0.122. The molecule has 1 rings (SSSR count). The van der Waals surface area contributed by atoms with Crippen LogP contribution in [0.5, 0.6) is 5.75 Å². The van der Waals surface area contributed by atoms with Crippen molar-refractivity contribution < 1.29 is 5.11 Å². The number of halogens is 1. The van der Waals surface area contributed by atoms with Crippen molar-refractivity contribution in [2.45, 2.75) is 71.8 Å². The molecule has 0 aromatic heterocycles. The summed E-state index contributed by atoms with van der Waals surface area (Å²) in [5.41, 5.74) is 10.2. The molecular formula is C19H32ClNO. The Labute approximate surface area is 142 Å². The molecule has 1 aromatic carbocycles. The van der Waals surface area contributed by atoms with Gasteiger partial charge < -0.3 is 10.8 Å². The maximum Gasteiger partial charge on any atom is 0.123 e. The standard InChI is InChI=1S/C19H31NO.ClH/c1-12(2)9-16(20)13-10-14(18(3,4)5)17(21)15(11-13)19(6,7)8;/h10-11,16,21H,1,9,20H2,2-8H3;1H/t16-;/m1./s1. The lowest BCUT2D eigenvalue weighted by Gasteiger charge is -2.29. The molecule has 0 fully saturated rings. The average molecular weight is 326 g/mol. The molecule has 126 valence electrons. The Balaban J connectivity index is 0.00000441. The van der Waals surface area contributed by atoms with Crippen LogP contribution >= 0.6 is 12.4 Å². The first-order valence-corrected chi connectivity index (χ1v) is 7.62. The van der Waals surface area contributed by atoms with E-state index in [0.29, 0.717) is 5.75 Å². The summed E-state index contributed by atoms with van der Waals surface area (Å²) >= 11 is 0. The van der Waals surface area contributed by atoms with Crippen LogP contribution in [-0.2, 0) is 10.8 Å². The van der Waals surface area contributed by atoms with Gasteiger partial charge in [0.15, 0.2) is 0 Å². The molecule has 0 aliphatic heterocycles. The lowest BCUT2D eigenvalue weighted by molar-refractivity contribution is 0.422. The number of phenolic OH excluding ortho intramolecular Hbond substituents is 1. The Morgan fingerprint density at radius 2 is 1.45 bits per heavy atom. The second-order valence-electron chi connectivity index (χ2n) is 8.23. The highest BCUT2D eigenvalue weighted by atomic mass is 35.5. The van der Waals surface area contributed by atoms with E-state index in [2.05, 4.69) is 60.3 Å². The Hall–Kier alpha value is -0.990. The number of nitrogens with two attached hydrogens (primary N) is 1. The van der Waals surface area contributed by atoms with Crippen LogP contribution in [0.25, 0.3) is 0 Å². The van der Waals surface area contributed by atoms with E-state index in [-0.39, 0.29) is 29.3 Å². The van der Waals surface area contributed by atoms with Crippen molar-refractivity contribution in [1.29, 1.82) is 0 Å². The molecule has 3 heteroatoms. The van der Waals surface area contributed by atoms with Gasteiger partial charge in [-0.15, -0.1) is 19.0 Å². The highest BCUT2D eigenvalue weighted by molar-refractivity contribution is 5.85. The van der Waals surface area contributed by atoms with Gasteiger partial charge in [0.05, 0.1) is 0 Å². The van der Waals surface area contributed by atoms with Crippen LogP contribution in [0.3, 0.4) is 0 Å². The molecule has 0 saturated carbocycles. The van der Waals surface area contributed by atoms with Crippen molar-refractivity contribution in [2.75, 3.05) is 0 Å². The zero-order chi connectivity index (χ0) is 16.6. The van der Waals surface area contributed by atoms with Crippen molar-refractivity contribution >= 4 is 12.4 Å². The van der Waals surface area contributed by atoms with Crippen molar-refractivity contribution in [2.24, 2.45) is 5.73 Å². The summed E-state index contributed by atoms with van der Waals surface area (Å²) < 4.78 is 0. The van der Waals surface area contributed by atoms with E-state index in [0.717, 1.165) is 28.7 Å². The van der Waals surface area contributed by atoms with Gasteiger partial charge in [0.1, 0.15) is 5.75 Å². The molecular weight excluding hydrogens is 294 g/mol. The van der Waals surface area contributed by atoms with Crippen LogP contribution < -0.4 is 5.73 Å². The lowest BCUT2D eigenvalue weighted by Crippen LogP contribution is -2.20. The summed E-state index contributed by atoms with van der Waals surface area (Å²) in [6.07, 6.45) is 0.762. The first-order chi connectivity index (χ1) is 9.34. The van der Waals surface area contributed by atoms with Gasteiger partial charge in [-0.25, -0.2) is 0 Å². The van der Waals surface area contributed by atoms with Gasteiger partial charge in [0, 0.05) is 6.04 Å². The molecule has 0 spiro atoms. The Morgan fingerprint density at radius 1 is 1.09 bits per heavy atom. The van der Waals surface area contributed by atoms with E-state index in [1.807, 2.05) is 6.92 Å². The summed E-state index contributed by atoms with van der Waals surface area (Å²) in [7, 11) is 0. The molecule has 1 atom stereocenters. The fourth-order valence-electron chi connectivity index (χ4n) is 2.51. The molecule has 1 aromatic rings. The van der Waals surface area contributed by atoms with Crippen LogP contribution in [0, 0.1) is 0 Å². The molecule has 0 saturated heterocycles. The summed E-state index contributed by atoms with van der Waals surface area (Å²) in [5.74, 6) is 0.404. The van der Waals surface area contributed by atoms with Gasteiger partial charge in [0.25, 0.3) is 0 Å². The highest BCUT2D eigenvalue weighted by Crippen LogP contribution is 2.41. The largest absolute Gasteiger partial charge is 0.507 e. The number of benzene rings is 1. The fourth-order valence-corrected chi connectivity index (χ4v) is 2.51. The molecule has 0 aliphatic rings. The normalized spacial score (nSPS) is 13.5. The van der Waals surface area contributed by atoms with Gasteiger partial charge in [-0.2, -0.15) is 0 Å². The molecule has 3 N–H and O–H groups in total. The Bertz CT molecular complexity index is 500. The molecule has 22 heavy (non-hydrogen) atoms. The van der Waals surface area contributed by atoms with Crippen LogP contribution in [-0.4, -0.2) is 5.11 Å². The molecule has 0 amide bonds. The third-order valence-electron chi connectivity index (χ3n) is 3.74. The zero-order valence-corrected chi connectivity index (χ0v) is 15.9. The smallest absolute Gasteiger partial charge is 0.123 e. The van der Waals surface area contributed by atoms with E-state index < -0.39 is 0 Å². The summed E-state index contributed by atoms with van der Waals surface area (Å²) in [5, 5.41) is 10.7. The number of hydrogen-bond donors (Lipinski definition) is 2. The quantitative estimate of drug-likeness (QED) is 0.733. The van der Waals surface area contributed by atoms with E-state index in [4.69, 9.17) is 5.73 Å². The Morgan fingerprint density at radius 3 is 1.73 bits per heavy atom. The molecule has 0 radical (unpaired) electrons. The first kappa shape index (κ1) is 21.0. The summed E-state index contributed by atoms with van der Waals surface area (Å²) in [6.45, 7) is 18.6. The lowest BCUT2D eigenvalue weighted by atomic mass is 9.77. The minimum absolute atomic E-state index is 0. The number of phenols is 1. The summed E-state index contributed by atoms with van der Waals surface area (Å²) in [6, 6.07) is 4.03. The second-order valence-corrected chi connectivity index (χ2v) is 8.23. The molecule has 2 nitrogen and oxygen atoms in total. The van der Waals surface area contributed by atoms with Gasteiger partial charge in [-0.1, -0.05) is 47.1 Å². The van der Waals surface area contributed by atoms with Crippen molar-refractivity contribution in [1.82, 2.24) is 0 Å². The van der Waals surface area contributed by atoms with Gasteiger partial charge in [0.2, 0.25) is 0 Å². The first-order valence-electron chi connectivity index (χ1n) is 7.62. The average Bonchev–Trinajstić information content (AvgIpc) is 2.24. The topological polar surface area (TPSA) is 46.2 Å². The van der Waals surface area contributed by atoms with E-state index >= 15 is 0 Å². The second kappa shape index (κ2) is 7.06. The fraction of sp³-hybridized carbons (Fsp3) is 0.579. The van der Waals surface area contributed by atoms with Gasteiger partial charge in [-0.3, -0.25) is 0 Å². The van der Waals surface area contributed by atoms with Crippen LogP contribution in [0.4, 0.5) is 0 Å². The van der Waals surface area contributed by atoms with Crippen molar-refractivity contribution in [3.05, 3.63) is 41.0 Å². The molecule has 0 bridgehead atoms. The van der Waals surface area contributed by atoms with Gasteiger partial charge >= 0.3 is 0 Å². The predicted octanol–water partition coefficient (Wildman–Crippen LogP) is 5.38. The van der Waals surface area contributed by atoms with Crippen LogP contribution in [0.2, 0.25) is 0 Å². The molecule has 0 aliphatic carbocycles. The molecule has 0 heterocycles. The van der Waals surface area contributed by atoms with E-state index in [1.165, 1.54) is 0 Å². The minimum Gasteiger partial charge on any atom is -0.507 e. The van der Waals surface area contributed by atoms with Gasteiger partial charge in [-0.05, 0) is 53.0 Å². The SMILES string of the molecule is C=C(C)C[C@@H](N)c1cc(C(C)(C)C)c(O)c(C(C)(C)C)c1.Cl. The zero-order valence-electron chi connectivity index (χ0n) is 15.1. The summed E-state index contributed by atoms with van der Waals surface area (Å²) in [4.78, 5) is 0. The monoisotopic (exact) mass is 325 g/mol. The highest BCUT2D eigenvalue weighted by Gasteiger charge is 2.27. The maximum atomic E-state index is 10.7. The van der Waals surface area contributed by atoms with Crippen molar-refractivity contribution in [3.63, 3.8) is 0 Å². The van der Waals surface area contributed by atoms with Crippen LogP contribution in [0.1, 0.15) is 77.6 Å². The van der Waals surface area contributed by atoms with Crippen LogP contribution in [0.15, 0.2) is 24.3 Å². The van der Waals surface area contributed by atoms with E-state index in [9.17, 15) is 5.11 Å². The third kappa shape index (κ3) is 5.03. The Kier molecular flexibility index (Phi) is 6.74.